The summed E-state index contributed by atoms with van der Waals surface area (Å²) in [7, 11) is 2.70. The Bertz CT molecular complexity index is 1950. The van der Waals surface area contributed by atoms with Crippen molar-refractivity contribution in [2.75, 3.05) is 103 Å². The Balaban J connectivity index is 2.74. The van der Waals surface area contributed by atoms with E-state index in [4.69, 9.17) is 0 Å². The molecule has 0 saturated carbocycles. The molecule has 0 bridgehead atoms. The van der Waals surface area contributed by atoms with E-state index in [2.05, 4.69) is 10.6 Å². The van der Waals surface area contributed by atoms with Crippen LogP contribution >= 0.6 is 136 Å². The molecule has 0 aromatic heterocycles. The van der Waals surface area contributed by atoms with Crippen molar-refractivity contribution >= 4 is 182 Å². The van der Waals surface area contributed by atoms with Crippen LogP contribution in [0, 0.1) is 21.4 Å². The molecule has 2 aromatic carbocycles. The molecule has 0 spiro atoms. The number of aliphatic hydroxyl groups is 10. The number of hydrogen-bond acceptors (Lipinski definition) is 16. The first-order valence-electron chi connectivity index (χ1n) is 19.5. The lowest BCUT2D eigenvalue weighted by Crippen LogP contribution is -2.42. The molecular formula is C38H50I6N6O16. The van der Waals surface area contributed by atoms with E-state index < -0.39 is 125 Å². The summed E-state index contributed by atoms with van der Waals surface area (Å²) >= 11 is 10.8. The zero-order chi connectivity index (χ0) is 50.3. The zero-order valence-corrected chi connectivity index (χ0v) is 48.1. The van der Waals surface area contributed by atoms with Crippen molar-refractivity contribution in [3.63, 3.8) is 0 Å². The fraction of sp³-hybridized carbons (Fsp3) is 0.526. The van der Waals surface area contributed by atoms with Crippen LogP contribution in [0.2, 0.25) is 0 Å². The average molecular weight is 1610 g/mol. The average Bonchev–Trinajstić information content (AvgIpc) is 3.27. The Morgan fingerprint density at radius 1 is 0.470 bits per heavy atom. The van der Waals surface area contributed by atoms with Crippen molar-refractivity contribution in [2.24, 2.45) is 0 Å². The molecule has 0 heterocycles. The first kappa shape index (κ1) is 61.4. The monoisotopic (exact) mass is 1610 g/mol. The van der Waals surface area contributed by atoms with Crippen LogP contribution in [0.5, 0.6) is 0 Å². The van der Waals surface area contributed by atoms with Gasteiger partial charge >= 0.3 is 0 Å². The van der Waals surface area contributed by atoms with E-state index in [0.29, 0.717) is 0 Å². The van der Waals surface area contributed by atoms with Crippen molar-refractivity contribution < 1.29 is 79.8 Å². The number of hydrogen-bond donors (Lipinski definition) is 12. The van der Waals surface area contributed by atoms with Gasteiger partial charge < -0.3 is 81.3 Å². The molecule has 0 radical (unpaired) electrons. The van der Waals surface area contributed by atoms with Gasteiger partial charge in [-0.1, -0.05) is 0 Å². The van der Waals surface area contributed by atoms with Gasteiger partial charge in [-0.15, -0.1) is 0 Å². The normalized spacial score (nSPS) is 13.1. The second kappa shape index (κ2) is 29.6. The van der Waals surface area contributed by atoms with Crippen LogP contribution in [-0.4, -0.2) is 214 Å². The minimum Gasteiger partial charge on any atom is -0.395 e. The van der Waals surface area contributed by atoms with Gasteiger partial charge in [0.25, 0.3) is 23.6 Å². The van der Waals surface area contributed by atoms with E-state index >= 15 is 0 Å². The Morgan fingerprint density at radius 2 is 0.758 bits per heavy atom. The van der Waals surface area contributed by atoms with E-state index in [9.17, 15) is 79.8 Å². The highest BCUT2D eigenvalue weighted by Crippen LogP contribution is 2.40. The number of carbonyl (C=O) groups is 6. The minimum atomic E-state index is -1.39. The summed E-state index contributed by atoms with van der Waals surface area (Å²) in [6, 6.07) is 0. The molecule has 0 fully saturated rings. The van der Waals surface area contributed by atoms with Gasteiger partial charge in [0.15, 0.2) is 0 Å². The van der Waals surface area contributed by atoms with Crippen LogP contribution in [0.25, 0.3) is 0 Å². The molecular weight excluding hydrogens is 1560 g/mol. The van der Waals surface area contributed by atoms with Crippen LogP contribution in [0.15, 0.2) is 0 Å². The van der Waals surface area contributed by atoms with Crippen molar-refractivity contribution in [3.8, 4) is 0 Å². The highest BCUT2D eigenvalue weighted by molar-refractivity contribution is 14.1. The molecule has 2 rings (SSSR count). The first-order chi connectivity index (χ1) is 31.0. The quantitative estimate of drug-likeness (QED) is 0.0502. The van der Waals surface area contributed by atoms with Gasteiger partial charge in [0.05, 0.1) is 112 Å². The molecule has 22 nitrogen and oxygen atoms in total. The third-order valence-corrected chi connectivity index (χ3v) is 15.8. The van der Waals surface area contributed by atoms with Crippen molar-refractivity contribution in [3.05, 3.63) is 43.7 Å². The Kier molecular flexibility index (Phi) is 27.5. The molecule has 370 valence electrons. The van der Waals surface area contributed by atoms with Crippen molar-refractivity contribution in [1.29, 1.82) is 0 Å². The van der Waals surface area contributed by atoms with Crippen LogP contribution in [0.4, 0.5) is 11.4 Å². The summed E-state index contributed by atoms with van der Waals surface area (Å²) in [5, 5.41) is 102. The molecule has 0 aliphatic heterocycles. The maximum Gasteiger partial charge on any atom is 0.256 e. The summed E-state index contributed by atoms with van der Waals surface area (Å²) in [6.07, 6.45) is -6.36. The van der Waals surface area contributed by atoms with Gasteiger partial charge in [-0.3, -0.25) is 28.8 Å². The number of rotatable bonds is 25. The van der Waals surface area contributed by atoms with E-state index in [1.54, 1.807) is 45.2 Å². The summed E-state index contributed by atoms with van der Waals surface area (Å²) < 4.78 is 0.891. The number of anilines is 2. The summed E-state index contributed by atoms with van der Waals surface area (Å²) in [6.45, 7) is -5.93. The Labute approximate surface area is 461 Å². The fourth-order valence-electron chi connectivity index (χ4n) is 5.92. The second-order valence-electron chi connectivity index (χ2n) is 14.2. The van der Waals surface area contributed by atoms with Gasteiger partial charge in [-0.05, 0) is 136 Å². The molecule has 0 aliphatic rings. The molecule has 4 atom stereocenters. The first-order valence-corrected chi connectivity index (χ1v) is 25.9. The zero-order valence-electron chi connectivity index (χ0n) is 35.2. The van der Waals surface area contributed by atoms with Crippen LogP contribution in [-0.2, 0) is 9.59 Å². The predicted molar refractivity (Wildman–Crippen MR) is 288 cm³/mol. The number of amides is 6. The largest absolute Gasteiger partial charge is 0.395 e. The van der Waals surface area contributed by atoms with Gasteiger partial charge in [0.2, 0.25) is 11.8 Å². The summed E-state index contributed by atoms with van der Waals surface area (Å²) in [5.41, 5.74) is -0.257. The molecule has 0 saturated heterocycles. The number of carbonyl (C=O) groups excluding carboxylic acids is 6. The molecule has 66 heavy (non-hydrogen) atoms. The standard InChI is InChI=1S/C38H50I6N6O16/c1-47(33-29(41)23(35(63)45-9-17(57)13-53)27(39)25(31(33)43)37(65)49(5-7-51)11-19(59)15-55)21(61)3-4-22(62)48(2)34-30(42)24(36(64)46-10-18(58)14-54)28(40)26(32(34)44)38(66)50(6-8-52)12-20(60)16-56/h17-20,51-60H,3-16H2,1-2H3,(H,45,63)(H,46,64). The molecule has 2 aromatic rings. The number of aliphatic hydroxyl groups excluding tert-OH is 10. The molecule has 12 N–H and O–H groups in total. The molecule has 4 unspecified atom stereocenters. The lowest BCUT2D eigenvalue weighted by atomic mass is 10.0. The van der Waals surface area contributed by atoms with Crippen LogP contribution < -0.4 is 20.4 Å². The molecule has 6 amide bonds. The fourth-order valence-corrected chi connectivity index (χ4v) is 15.6. The predicted octanol–water partition coefficient (Wildman–Crippen LogP) is -1.54. The van der Waals surface area contributed by atoms with E-state index in [-0.39, 0.29) is 81.2 Å². The van der Waals surface area contributed by atoms with Crippen molar-refractivity contribution in [2.45, 2.75) is 37.3 Å². The molecule has 28 heteroatoms. The van der Waals surface area contributed by atoms with Crippen LogP contribution in [0.3, 0.4) is 0 Å². The minimum absolute atomic E-state index is 0.0656. The molecule has 0 aliphatic carbocycles. The number of nitrogens with zero attached hydrogens (tertiary/aromatic N) is 4. The number of halogens is 6. The highest BCUT2D eigenvalue weighted by Gasteiger charge is 2.36. The van der Waals surface area contributed by atoms with Crippen molar-refractivity contribution in [1.82, 2.24) is 20.4 Å². The van der Waals surface area contributed by atoms with Gasteiger partial charge in [-0.2, -0.15) is 0 Å². The number of benzene rings is 2. The smallest absolute Gasteiger partial charge is 0.256 e. The third-order valence-electron chi connectivity index (χ3n) is 9.46. The third kappa shape index (κ3) is 15.9. The van der Waals surface area contributed by atoms with E-state index in [0.717, 1.165) is 19.6 Å². The van der Waals surface area contributed by atoms with Gasteiger partial charge in [0.1, 0.15) is 0 Å². The Morgan fingerprint density at radius 3 is 1.03 bits per heavy atom. The van der Waals surface area contributed by atoms with E-state index in [1.807, 2.05) is 90.4 Å². The SMILES string of the molecule is CN(C(=O)CCC(=O)N(C)c1c(I)c(C(=O)NCC(O)CO)c(I)c(C(=O)N(CCO)CC(O)CO)c1I)c1c(I)c(C(=O)NCC(O)CO)c(I)c(C(=O)N(CCO)CC(O)CO)c1I. The van der Waals surface area contributed by atoms with Crippen LogP contribution in [0.1, 0.15) is 54.3 Å². The highest BCUT2D eigenvalue weighted by atomic mass is 127. The van der Waals surface area contributed by atoms with E-state index in [1.165, 1.54) is 14.1 Å². The number of nitrogens with one attached hydrogen (secondary N) is 2. The topological polar surface area (TPSA) is 342 Å². The second-order valence-corrected chi connectivity index (χ2v) is 20.7. The maximum absolute atomic E-state index is 14.2. The van der Waals surface area contributed by atoms with Gasteiger partial charge in [0, 0.05) is 73.3 Å². The summed E-state index contributed by atoms with van der Waals surface area (Å²) in [4.78, 5) is 88.3. The summed E-state index contributed by atoms with van der Waals surface area (Å²) in [5.74, 6) is -4.47. The lowest BCUT2D eigenvalue weighted by molar-refractivity contribution is -0.123. The lowest BCUT2D eigenvalue weighted by Gasteiger charge is -2.29. The van der Waals surface area contributed by atoms with Gasteiger partial charge in [-0.25, -0.2) is 0 Å². The Hall–Kier alpha value is -0.760. The maximum atomic E-state index is 14.2.